The molecule has 7 heteroatoms. The first-order valence-corrected chi connectivity index (χ1v) is 9.17. The van der Waals surface area contributed by atoms with Crippen molar-refractivity contribution in [3.8, 4) is 17.0 Å². The van der Waals surface area contributed by atoms with Crippen molar-refractivity contribution in [1.82, 2.24) is 9.97 Å². The van der Waals surface area contributed by atoms with Gasteiger partial charge in [-0.3, -0.25) is 4.98 Å². The highest BCUT2D eigenvalue weighted by molar-refractivity contribution is 6.10. The van der Waals surface area contributed by atoms with Crippen LogP contribution in [0.1, 0.15) is 6.92 Å². The molecule has 0 aliphatic rings. The number of ether oxygens (including phenoxy) is 1. The maximum absolute atomic E-state index is 13.9. The van der Waals surface area contributed by atoms with Crippen LogP contribution in [0.5, 0.6) is 5.75 Å². The van der Waals surface area contributed by atoms with Gasteiger partial charge in [-0.2, -0.15) is 0 Å². The first-order chi connectivity index (χ1) is 14.2. The van der Waals surface area contributed by atoms with Gasteiger partial charge in [-0.1, -0.05) is 12.1 Å². The number of carbonyl (C=O) groups is 1. The molecule has 0 radical (unpaired) electrons. The highest BCUT2D eigenvalue weighted by atomic mass is 19.1. The van der Waals surface area contributed by atoms with Gasteiger partial charge in [0.05, 0.1) is 23.7 Å². The third-order valence-corrected chi connectivity index (χ3v) is 4.40. The van der Waals surface area contributed by atoms with Crippen LogP contribution in [0.15, 0.2) is 67.0 Å². The number of H-pyrrole nitrogens is 1. The normalized spacial score (nSPS) is 10.7. The summed E-state index contributed by atoms with van der Waals surface area (Å²) in [5.74, 6) is 0.187. The largest absolute Gasteiger partial charge is 0.492 e. The minimum atomic E-state index is -0.461. The summed E-state index contributed by atoms with van der Waals surface area (Å²) >= 11 is 0. The molecular formula is C22H19FN4O2. The van der Waals surface area contributed by atoms with E-state index in [1.807, 2.05) is 31.2 Å². The van der Waals surface area contributed by atoms with Gasteiger partial charge in [0.2, 0.25) is 0 Å². The maximum atomic E-state index is 13.9. The van der Waals surface area contributed by atoms with Gasteiger partial charge in [0.1, 0.15) is 11.6 Å². The molecule has 0 aliphatic heterocycles. The SMILES string of the molecule is CCOc1ccccc1NC(=O)Nc1c(-c2ccncc2)[nH]c2ccc(F)cc12. The molecule has 2 heterocycles. The van der Waals surface area contributed by atoms with E-state index < -0.39 is 6.03 Å². The van der Waals surface area contributed by atoms with Crippen molar-refractivity contribution in [1.29, 1.82) is 0 Å². The quantitative estimate of drug-likeness (QED) is 0.426. The standard InChI is InChI=1S/C22H19FN4O2/c1-2-29-19-6-4-3-5-18(19)26-22(28)27-21-16-13-15(23)7-8-17(16)25-20(21)14-9-11-24-12-10-14/h3-13,25H,2H2,1H3,(H2,26,27,28). The number of fused-ring (bicyclic) bond motifs is 1. The lowest BCUT2D eigenvalue weighted by Crippen LogP contribution is -2.20. The Labute approximate surface area is 166 Å². The number of aromatic amines is 1. The number of carbonyl (C=O) groups excluding carboxylic acids is 1. The van der Waals surface area contributed by atoms with Crippen LogP contribution in [-0.2, 0) is 0 Å². The van der Waals surface area contributed by atoms with Crippen LogP contribution < -0.4 is 15.4 Å². The van der Waals surface area contributed by atoms with E-state index >= 15 is 0 Å². The molecule has 0 spiro atoms. The molecule has 0 saturated heterocycles. The van der Waals surface area contributed by atoms with Crippen LogP contribution in [0.2, 0.25) is 0 Å². The van der Waals surface area contributed by atoms with Crippen LogP contribution in [0.4, 0.5) is 20.6 Å². The number of para-hydroxylation sites is 2. The topological polar surface area (TPSA) is 79.0 Å². The van der Waals surface area contributed by atoms with E-state index in [4.69, 9.17) is 4.74 Å². The summed E-state index contributed by atoms with van der Waals surface area (Å²) in [6.45, 7) is 2.35. The van der Waals surface area contributed by atoms with E-state index in [-0.39, 0.29) is 5.82 Å². The summed E-state index contributed by atoms with van der Waals surface area (Å²) in [5, 5.41) is 6.22. The summed E-state index contributed by atoms with van der Waals surface area (Å²) in [4.78, 5) is 20.0. The van der Waals surface area contributed by atoms with E-state index in [1.165, 1.54) is 12.1 Å². The Hall–Kier alpha value is -3.87. The summed E-state index contributed by atoms with van der Waals surface area (Å²) in [7, 11) is 0. The Morgan fingerprint density at radius 3 is 2.69 bits per heavy atom. The lowest BCUT2D eigenvalue weighted by molar-refractivity contribution is 0.262. The van der Waals surface area contributed by atoms with E-state index in [0.29, 0.717) is 40.3 Å². The molecule has 4 aromatic rings. The number of hydrogen-bond acceptors (Lipinski definition) is 3. The predicted molar refractivity (Wildman–Crippen MR) is 112 cm³/mol. The van der Waals surface area contributed by atoms with Crippen molar-refractivity contribution in [3.63, 3.8) is 0 Å². The fourth-order valence-corrected chi connectivity index (χ4v) is 3.15. The van der Waals surface area contributed by atoms with Crippen LogP contribution >= 0.6 is 0 Å². The van der Waals surface area contributed by atoms with Gasteiger partial charge < -0.3 is 20.4 Å². The summed E-state index contributed by atoms with van der Waals surface area (Å²) in [6, 6.07) is 14.7. The lowest BCUT2D eigenvalue weighted by Gasteiger charge is -2.13. The number of hydrogen-bond donors (Lipinski definition) is 3. The molecular weight excluding hydrogens is 371 g/mol. The number of nitrogens with zero attached hydrogens (tertiary/aromatic N) is 1. The van der Waals surface area contributed by atoms with E-state index in [2.05, 4.69) is 20.6 Å². The second-order valence-electron chi connectivity index (χ2n) is 6.31. The lowest BCUT2D eigenvalue weighted by atomic mass is 10.1. The zero-order valence-electron chi connectivity index (χ0n) is 15.7. The Bertz CT molecular complexity index is 1160. The van der Waals surface area contributed by atoms with Gasteiger partial charge >= 0.3 is 6.03 Å². The molecule has 6 nitrogen and oxygen atoms in total. The molecule has 2 amide bonds. The molecule has 4 rings (SSSR count). The maximum Gasteiger partial charge on any atom is 0.323 e. The van der Waals surface area contributed by atoms with Crippen LogP contribution in [0, 0.1) is 5.82 Å². The van der Waals surface area contributed by atoms with Gasteiger partial charge in [0.15, 0.2) is 0 Å². The number of halogens is 1. The number of anilines is 2. The average Bonchev–Trinajstić information content (AvgIpc) is 3.08. The molecule has 0 bridgehead atoms. The van der Waals surface area contributed by atoms with Gasteiger partial charge in [-0.25, -0.2) is 9.18 Å². The Morgan fingerprint density at radius 2 is 1.90 bits per heavy atom. The van der Waals surface area contributed by atoms with Crippen molar-refractivity contribution in [2.24, 2.45) is 0 Å². The minimum Gasteiger partial charge on any atom is -0.492 e. The van der Waals surface area contributed by atoms with E-state index in [1.54, 1.807) is 30.6 Å². The molecule has 0 atom stereocenters. The first kappa shape index (κ1) is 18.5. The van der Waals surface area contributed by atoms with Gasteiger partial charge in [-0.05, 0) is 49.4 Å². The second-order valence-corrected chi connectivity index (χ2v) is 6.31. The van der Waals surface area contributed by atoms with Gasteiger partial charge in [-0.15, -0.1) is 0 Å². The van der Waals surface area contributed by atoms with E-state index in [0.717, 1.165) is 5.56 Å². The average molecular weight is 390 g/mol. The smallest absolute Gasteiger partial charge is 0.323 e. The Kier molecular flexibility index (Phi) is 5.11. The molecule has 2 aromatic heterocycles. The van der Waals surface area contributed by atoms with Crippen LogP contribution in [0.3, 0.4) is 0 Å². The molecule has 146 valence electrons. The predicted octanol–water partition coefficient (Wildman–Crippen LogP) is 5.41. The highest BCUT2D eigenvalue weighted by Gasteiger charge is 2.17. The van der Waals surface area contributed by atoms with E-state index in [9.17, 15) is 9.18 Å². The number of pyridine rings is 1. The second kappa shape index (κ2) is 8.02. The van der Waals surface area contributed by atoms with Crippen LogP contribution in [-0.4, -0.2) is 22.6 Å². The Balaban J connectivity index is 1.70. The van der Waals surface area contributed by atoms with Crippen molar-refractivity contribution in [2.75, 3.05) is 17.2 Å². The Morgan fingerprint density at radius 1 is 1.10 bits per heavy atom. The summed E-state index contributed by atoms with van der Waals surface area (Å²) in [5.41, 5.74) is 3.23. The van der Waals surface area contributed by atoms with Gasteiger partial charge in [0, 0.05) is 28.9 Å². The minimum absolute atomic E-state index is 0.386. The molecule has 0 unspecified atom stereocenters. The zero-order valence-corrected chi connectivity index (χ0v) is 15.7. The first-order valence-electron chi connectivity index (χ1n) is 9.17. The fraction of sp³-hybridized carbons (Fsp3) is 0.0909. The summed E-state index contributed by atoms with van der Waals surface area (Å²) < 4.78 is 19.4. The number of urea groups is 1. The van der Waals surface area contributed by atoms with Gasteiger partial charge in [0.25, 0.3) is 0 Å². The highest BCUT2D eigenvalue weighted by Crippen LogP contribution is 2.35. The number of nitrogens with one attached hydrogen (secondary N) is 3. The van der Waals surface area contributed by atoms with Crippen LogP contribution in [0.25, 0.3) is 22.2 Å². The number of benzene rings is 2. The molecule has 0 fully saturated rings. The third kappa shape index (κ3) is 3.89. The molecule has 0 saturated carbocycles. The number of amides is 2. The molecule has 2 aromatic carbocycles. The monoisotopic (exact) mass is 390 g/mol. The third-order valence-electron chi connectivity index (χ3n) is 4.40. The zero-order chi connectivity index (χ0) is 20.2. The molecule has 3 N–H and O–H groups in total. The summed E-state index contributed by atoms with van der Waals surface area (Å²) in [6.07, 6.45) is 3.31. The van der Waals surface area contributed by atoms with Crippen molar-refractivity contribution in [3.05, 3.63) is 72.8 Å². The van der Waals surface area contributed by atoms with Crippen molar-refractivity contribution in [2.45, 2.75) is 6.92 Å². The molecule has 29 heavy (non-hydrogen) atoms. The van der Waals surface area contributed by atoms with Crippen molar-refractivity contribution < 1.29 is 13.9 Å². The van der Waals surface area contributed by atoms with Crippen molar-refractivity contribution >= 4 is 28.3 Å². The number of aromatic nitrogens is 2. The molecule has 0 aliphatic carbocycles. The fourth-order valence-electron chi connectivity index (χ4n) is 3.15. The number of rotatable bonds is 5.